The van der Waals surface area contributed by atoms with Crippen LogP contribution in [0.4, 0.5) is 5.69 Å². The number of anilines is 1. The van der Waals surface area contributed by atoms with Gasteiger partial charge < -0.3 is 4.89 Å². The molecule has 0 spiro atoms. The number of amides is 2. The number of rotatable bonds is 4. The molecule has 0 bridgehead atoms. The summed E-state index contributed by atoms with van der Waals surface area (Å²) in [6.45, 7) is 11.2. The first kappa shape index (κ1) is 17.2. The maximum Gasteiger partial charge on any atom is 0.261 e. The number of carbonyl (C=O) groups is 2. The highest BCUT2D eigenvalue weighted by Gasteiger charge is 2.33. The number of benzene rings is 1. The lowest BCUT2D eigenvalue weighted by Crippen LogP contribution is -2.32. The molecular formula is C18H23NO4. The largest absolute Gasteiger partial charge is 0.337 e. The minimum absolute atomic E-state index is 0.0475. The molecule has 1 aromatic rings. The molecule has 1 aliphatic rings. The van der Waals surface area contributed by atoms with Crippen molar-refractivity contribution in [2.45, 2.75) is 53.1 Å². The number of imide groups is 1. The van der Waals surface area contributed by atoms with E-state index in [4.69, 9.17) is 9.78 Å². The molecule has 0 unspecified atom stereocenters. The Kier molecular flexibility index (Phi) is 4.61. The van der Waals surface area contributed by atoms with Gasteiger partial charge in [0.25, 0.3) is 11.8 Å². The van der Waals surface area contributed by atoms with Gasteiger partial charge in [-0.3, -0.25) is 9.59 Å². The number of hydrogen-bond donors (Lipinski definition) is 0. The Morgan fingerprint density at radius 1 is 1.13 bits per heavy atom. The fraction of sp³-hybridized carbons (Fsp3) is 0.444. The van der Waals surface area contributed by atoms with E-state index in [1.807, 2.05) is 34.6 Å². The molecule has 1 heterocycles. The van der Waals surface area contributed by atoms with Crippen LogP contribution >= 0.6 is 0 Å². The average Bonchev–Trinajstić information content (AvgIpc) is 2.68. The summed E-state index contributed by atoms with van der Waals surface area (Å²) in [7, 11) is 0. The van der Waals surface area contributed by atoms with Crippen molar-refractivity contribution in [1.82, 2.24) is 0 Å². The fourth-order valence-electron chi connectivity index (χ4n) is 2.37. The van der Waals surface area contributed by atoms with Crippen LogP contribution in [-0.2, 0) is 14.5 Å². The SMILES string of the molecule is CC1=CC(=O)N(c2cccc(OOC(C)(C)C)c2C(C)C)C1=O. The zero-order valence-electron chi connectivity index (χ0n) is 14.5. The third-order valence-electron chi connectivity index (χ3n) is 3.34. The predicted octanol–water partition coefficient (Wildman–Crippen LogP) is 3.74. The molecule has 0 fully saturated rings. The first-order valence-corrected chi connectivity index (χ1v) is 7.67. The number of carbonyl (C=O) groups excluding carboxylic acids is 2. The Balaban J connectivity index is 2.45. The minimum atomic E-state index is -0.471. The van der Waals surface area contributed by atoms with Crippen LogP contribution in [0.5, 0.6) is 5.75 Å². The van der Waals surface area contributed by atoms with Gasteiger partial charge in [0.2, 0.25) is 0 Å². The second-order valence-electron chi connectivity index (χ2n) is 6.93. The molecule has 1 aromatic carbocycles. The van der Waals surface area contributed by atoms with Gasteiger partial charge in [0.05, 0.1) is 5.69 Å². The standard InChI is InChI=1S/C18H23NO4/c1-11(2)16-13(19-15(20)10-12(3)17(19)21)8-7-9-14(16)22-23-18(4,5)6/h7-11H,1-6H3. The van der Waals surface area contributed by atoms with Crippen LogP contribution in [-0.4, -0.2) is 17.4 Å². The summed E-state index contributed by atoms with van der Waals surface area (Å²) >= 11 is 0. The van der Waals surface area contributed by atoms with E-state index in [1.54, 1.807) is 25.1 Å². The van der Waals surface area contributed by atoms with Crippen LogP contribution in [0.3, 0.4) is 0 Å². The second kappa shape index (κ2) is 6.16. The van der Waals surface area contributed by atoms with Crippen molar-refractivity contribution in [2.24, 2.45) is 0 Å². The van der Waals surface area contributed by atoms with Crippen molar-refractivity contribution in [3.05, 3.63) is 35.4 Å². The average molecular weight is 317 g/mol. The zero-order chi connectivity index (χ0) is 17.4. The molecule has 0 aliphatic carbocycles. The molecule has 0 N–H and O–H groups in total. The second-order valence-corrected chi connectivity index (χ2v) is 6.93. The quantitative estimate of drug-likeness (QED) is 0.482. The lowest BCUT2D eigenvalue weighted by molar-refractivity contribution is -0.275. The maximum absolute atomic E-state index is 12.3. The lowest BCUT2D eigenvalue weighted by atomic mass is 9.99. The van der Waals surface area contributed by atoms with Crippen molar-refractivity contribution in [2.75, 3.05) is 4.90 Å². The predicted molar refractivity (Wildman–Crippen MR) is 88.2 cm³/mol. The molecule has 2 rings (SSSR count). The Hall–Kier alpha value is -2.14. The van der Waals surface area contributed by atoms with E-state index in [1.165, 1.54) is 11.0 Å². The van der Waals surface area contributed by atoms with Gasteiger partial charge in [0.15, 0.2) is 5.75 Å². The topological polar surface area (TPSA) is 55.8 Å². The molecule has 124 valence electrons. The van der Waals surface area contributed by atoms with E-state index in [2.05, 4.69) is 0 Å². The Labute approximate surface area is 136 Å². The molecule has 0 saturated carbocycles. The van der Waals surface area contributed by atoms with E-state index in [0.29, 0.717) is 17.0 Å². The maximum atomic E-state index is 12.3. The van der Waals surface area contributed by atoms with Crippen molar-refractivity contribution >= 4 is 17.5 Å². The molecule has 1 aliphatic heterocycles. The van der Waals surface area contributed by atoms with Gasteiger partial charge in [-0.15, -0.1) is 0 Å². The first-order chi connectivity index (χ1) is 10.6. The van der Waals surface area contributed by atoms with Gasteiger partial charge in [-0.05, 0) is 45.7 Å². The van der Waals surface area contributed by atoms with Crippen LogP contribution in [0, 0.1) is 0 Å². The van der Waals surface area contributed by atoms with Crippen molar-refractivity contribution in [3.8, 4) is 5.75 Å². The highest BCUT2D eigenvalue weighted by atomic mass is 17.2. The lowest BCUT2D eigenvalue weighted by Gasteiger charge is -2.24. The summed E-state index contributed by atoms with van der Waals surface area (Å²) in [6, 6.07) is 5.27. The van der Waals surface area contributed by atoms with E-state index in [9.17, 15) is 9.59 Å². The summed E-state index contributed by atoms with van der Waals surface area (Å²) in [5.74, 6) is -0.0714. The van der Waals surface area contributed by atoms with Gasteiger partial charge in [-0.2, -0.15) is 4.89 Å². The minimum Gasteiger partial charge on any atom is -0.337 e. The van der Waals surface area contributed by atoms with E-state index >= 15 is 0 Å². The first-order valence-electron chi connectivity index (χ1n) is 7.67. The van der Waals surface area contributed by atoms with Crippen LogP contribution in [0.2, 0.25) is 0 Å². The van der Waals surface area contributed by atoms with E-state index in [-0.39, 0.29) is 17.7 Å². The highest BCUT2D eigenvalue weighted by molar-refractivity contribution is 6.30. The van der Waals surface area contributed by atoms with Gasteiger partial charge in [-0.1, -0.05) is 19.9 Å². The summed E-state index contributed by atoms with van der Waals surface area (Å²) in [5.41, 5.74) is 1.27. The molecule has 5 nitrogen and oxygen atoms in total. The van der Waals surface area contributed by atoms with E-state index in [0.717, 1.165) is 5.56 Å². The van der Waals surface area contributed by atoms with Crippen molar-refractivity contribution < 1.29 is 19.4 Å². The summed E-state index contributed by atoms with van der Waals surface area (Å²) in [5, 5.41) is 0. The summed E-state index contributed by atoms with van der Waals surface area (Å²) in [6.07, 6.45) is 1.35. The van der Waals surface area contributed by atoms with Gasteiger partial charge in [0.1, 0.15) is 5.60 Å². The Morgan fingerprint density at radius 2 is 1.78 bits per heavy atom. The van der Waals surface area contributed by atoms with Crippen LogP contribution in [0.25, 0.3) is 0 Å². The Morgan fingerprint density at radius 3 is 2.26 bits per heavy atom. The molecule has 0 saturated heterocycles. The summed E-state index contributed by atoms with van der Waals surface area (Å²) < 4.78 is 0. The molecule has 5 heteroatoms. The van der Waals surface area contributed by atoms with Gasteiger partial charge >= 0.3 is 0 Å². The van der Waals surface area contributed by atoms with Crippen molar-refractivity contribution in [1.29, 1.82) is 0 Å². The normalized spacial score (nSPS) is 15.4. The molecular weight excluding hydrogens is 294 g/mol. The van der Waals surface area contributed by atoms with Crippen LogP contribution in [0.15, 0.2) is 29.8 Å². The fourth-order valence-corrected chi connectivity index (χ4v) is 2.37. The molecule has 0 atom stereocenters. The third-order valence-corrected chi connectivity index (χ3v) is 3.34. The van der Waals surface area contributed by atoms with E-state index < -0.39 is 5.60 Å². The van der Waals surface area contributed by atoms with Crippen LogP contribution in [0.1, 0.15) is 53.0 Å². The van der Waals surface area contributed by atoms with Crippen LogP contribution < -0.4 is 9.79 Å². The smallest absolute Gasteiger partial charge is 0.261 e. The monoisotopic (exact) mass is 317 g/mol. The number of hydrogen-bond acceptors (Lipinski definition) is 4. The Bertz CT molecular complexity index is 668. The van der Waals surface area contributed by atoms with Crippen molar-refractivity contribution in [3.63, 3.8) is 0 Å². The summed E-state index contributed by atoms with van der Waals surface area (Å²) in [4.78, 5) is 36.5. The third kappa shape index (κ3) is 3.62. The van der Waals surface area contributed by atoms with Gasteiger partial charge in [0, 0.05) is 17.2 Å². The molecule has 0 radical (unpaired) electrons. The molecule has 0 aromatic heterocycles. The van der Waals surface area contributed by atoms with Gasteiger partial charge in [-0.25, -0.2) is 4.90 Å². The molecule has 2 amide bonds. The number of nitrogens with zero attached hydrogens (tertiary/aromatic N) is 1. The molecule has 23 heavy (non-hydrogen) atoms. The zero-order valence-corrected chi connectivity index (χ0v) is 14.5. The highest BCUT2D eigenvalue weighted by Crippen LogP contribution is 2.38.